The lowest BCUT2D eigenvalue weighted by molar-refractivity contribution is -0.505. The van der Waals surface area contributed by atoms with Crippen molar-refractivity contribution in [3.05, 3.63) is 5.21 Å². The molecular weight excluding hydrogens is 236 g/mol. The summed E-state index contributed by atoms with van der Waals surface area (Å²) in [7, 11) is 1.15. The molecule has 0 spiro atoms. The second-order valence-corrected chi connectivity index (χ2v) is 3.60. The van der Waals surface area contributed by atoms with Gasteiger partial charge in [-0.05, 0) is 5.11 Å². The van der Waals surface area contributed by atoms with Gasteiger partial charge in [0.15, 0.2) is 13.3 Å². The summed E-state index contributed by atoms with van der Waals surface area (Å²) >= 11 is 0. The summed E-state index contributed by atoms with van der Waals surface area (Å²) in [5.74, 6) is 0. The van der Waals surface area contributed by atoms with Crippen LogP contribution >= 0.6 is 0 Å². The van der Waals surface area contributed by atoms with Gasteiger partial charge in [-0.2, -0.15) is 0 Å². The number of hydrogen-bond acceptors (Lipinski definition) is 8. The van der Waals surface area contributed by atoms with Crippen molar-refractivity contribution >= 4 is 0 Å². The van der Waals surface area contributed by atoms with Crippen molar-refractivity contribution in [3.8, 4) is 0 Å². The van der Waals surface area contributed by atoms with Gasteiger partial charge in [0.05, 0.1) is 6.61 Å². The fourth-order valence-electron chi connectivity index (χ4n) is 1.39. The van der Waals surface area contributed by atoms with E-state index in [0.29, 0.717) is 0 Å². The largest absolute Gasteiger partial charge is 0.600 e. The number of nitrogens with zero attached hydrogens (tertiary/aromatic N) is 2. The van der Waals surface area contributed by atoms with Crippen LogP contribution in [0, 0.1) is 5.21 Å². The summed E-state index contributed by atoms with van der Waals surface area (Å²) in [6.45, 7) is -0.911. The lowest BCUT2D eigenvalue weighted by Crippen LogP contribution is -2.59. The second kappa shape index (κ2) is 6.19. The van der Waals surface area contributed by atoms with E-state index in [-0.39, 0.29) is 11.6 Å². The number of hydroxylamine groups is 1. The lowest BCUT2D eigenvalue weighted by atomic mass is 9.99. The average Bonchev–Trinajstić information content (AvgIpc) is 2.29. The predicted octanol–water partition coefficient (Wildman–Crippen LogP) is -2.65. The van der Waals surface area contributed by atoms with E-state index in [2.05, 4.69) is 5.11 Å². The molecule has 0 aromatic heterocycles. The Bertz CT molecular complexity index is 269. The molecule has 0 unspecified atom stereocenters. The van der Waals surface area contributed by atoms with Crippen molar-refractivity contribution in [2.45, 2.75) is 30.7 Å². The van der Waals surface area contributed by atoms with Crippen LogP contribution in [0.15, 0.2) is 5.11 Å². The lowest BCUT2D eigenvalue weighted by Gasteiger charge is -2.39. The molecule has 1 rings (SSSR count). The van der Waals surface area contributed by atoms with Crippen LogP contribution in [-0.2, 0) is 9.47 Å². The highest BCUT2D eigenvalue weighted by molar-refractivity contribution is 4.88. The fourth-order valence-corrected chi connectivity index (χ4v) is 1.39. The van der Waals surface area contributed by atoms with Crippen molar-refractivity contribution in [3.63, 3.8) is 0 Å². The highest BCUT2D eigenvalue weighted by Gasteiger charge is 2.44. The molecule has 0 radical (unpaired) electrons. The highest BCUT2D eigenvalue weighted by Crippen LogP contribution is 2.21. The van der Waals surface area contributed by atoms with E-state index < -0.39 is 37.3 Å². The van der Waals surface area contributed by atoms with E-state index >= 15 is 0 Å². The van der Waals surface area contributed by atoms with Gasteiger partial charge in [0.1, 0.15) is 24.4 Å². The number of aliphatic hydroxyl groups is 4. The zero-order valence-corrected chi connectivity index (χ0v) is 9.21. The Balaban J connectivity index is 2.56. The maximum Gasteiger partial charge on any atom is 0.203 e. The monoisotopic (exact) mass is 252 g/mol. The summed E-state index contributed by atoms with van der Waals surface area (Å²) < 4.78 is 9.89. The Hall–Kier alpha value is -0.840. The van der Waals surface area contributed by atoms with E-state index in [4.69, 9.17) is 14.6 Å². The quantitative estimate of drug-likeness (QED) is 0.243. The second-order valence-electron chi connectivity index (χ2n) is 3.60. The van der Waals surface area contributed by atoms with Crippen LogP contribution in [0.25, 0.3) is 0 Å². The van der Waals surface area contributed by atoms with Crippen molar-refractivity contribution in [2.75, 3.05) is 20.4 Å². The average molecular weight is 252 g/mol. The summed E-state index contributed by atoms with van der Waals surface area (Å²) in [6.07, 6.45) is -6.73. The zero-order chi connectivity index (χ0) is 13.0. The van der Waals surface area contributed by atoms with Crippen LogP contribution < -0.4 is 0 Å². The predicted molar refractivity (Wildman–Crippen MR) is 51.7 cm³/mol. The third-order valence-corrected chi connectivity index (χ3v) is 2.34. The van der Waals surface area contributed by atoms with Gasteiger partial charge < -0.3 is 35.1 Å². The first-order valence-corrected chi connectivity index (χ1v) is 4.97. The number of rotatable bonds is 4. The van der Waals surface area contributed by atoms with Crippen LogP contribution in [-0.4, -0.2) is 76.4 Å². The Morgan fingerprint density at radius 2 is 1.94 bits per heavy atom. The molecule has 1 fully saturated rings. The molecule has 4 N–H and O–H groups in total. The van der Waals surface area contributed by atoms with Crippen molar-refractivity contribution in [1.82, 2.24) is 0 Å². The summed E-state index contributed by atoms with van der Waals surface area (Å²) in [4.78, 5) is 0.268. The molecular formula is C8H16N2O7. The molecule has 9 heteroatoms. The normalized spacial score (nSPS) is 39.4. The van der Waals surface area contributed by atoms with E-state index in [1.807, 2.05) is 0 Å². The molecule has 1 aliphatic rings. The van der Waals surface area contributed by atoms with Gasteiger partial charge in [-0.15, -0.1) is 0 Å². The molecule has 1 heterocycles. The number of aliphatic hydroxyl groups excluding tert-OH is 4. The first-order chi connectivity index (χ1) is 7.97. The van der Waals surface area contributed by atoms with Crippen LogP contribution in [0.3, 0.4) is 0 Å². The van der Waals surface area contributed by atoms with Crippen molar-refractivity contribution in [2.24, 2.45) is 5.11 Å². The topological polar surface area (TPSA) is 138 Å². The Labute approximate surface area is 97.1 Å². The molecule has 100 valence electrons. The van der Waals surface area contributed by atoms with E-state index in [9.17, 15) is 20.5 Å². The van der Waals surface area contributed by atoms with Gasteiger partial charge in [-0.25, -0.2) is 0 Å². The summed E-state index contributed by atoms with van der Waals surface area (Å²) in [5, 5.41) is 51.0. The van der Waals surface area contributed by atoms with Crippen molar-refractivity contribution < 1.29 is 34.8 Å². The maximum absolute atomic E-state index is 10.4. The van der Waals surface area contributed by atoms with Gasteiger partial charge in [-0.1, -0.05) is 4.86 Å². The molecule has 1 aliphatic heterocycles. The number of ether oxygens (including phenoxy) is 2. The molecule has 0 aliphatic carbocycles. The van der Waals surface area contributed by atoms with Crippen LogP contribution in [0.1, 0.15) is 0 Å². The van der Waals surface area contributed by atoms with E-state index in [1.165, 1.54) is 0 Å². The Morgan fingerprint density at radius 3 is 2.47 bits per heavy atom. The minimum absolute atomic E-state index is 0.268. The first-order valence-electron chi connectivity index (χ1n) is 4.97. The third kappa shape index (κ3) is 3.56. The summed E-state index contributed by atoms with van der Waals surface area (Å²) in [5.41, 5.74) is 0. The molecule has 0 aromatic carbocycles. The van der Waals surface area contributed by atoms with Gasteiger partial charge in [0.25, 0.3) is 0 Å². The Morgan fingerprint density at radius 1 is 1.29 bits per heavy atom. The van der Waals surface area contributed by atoms with E-state index in [0.717, 1.165) is 7.05 Å². The molecule has 9 nitrogen and oxygen atoms in total. The van der Waals surface area contributed by atoms with Gasteiger partial charge in [0, 0.05) is 0 Å². The molecule has 5 atom stereocenters. The summed E-state index contributed by atoms with van der Waals surface area (Å²) in [6, 6.07) is 0. The van der Waals surface area contributed by atoms with Crippen LogP contribution in [0.5, 0.6) is 0 Å². The van der Waals surface area contributed by atoms with Crippen LogP contribution in [0.2, 0.25) is 0 Å². The van der Waals surface area contributed by atoms with Crippen LogP contribution in [0.4, 0.5) is 0 Å². The first kappa shape index (κ1) is 14.2. The van der Waals surface area contributed by atoms with Gasteiger partial charge in [-0.3, -0.25) is 0 Å². The number of azo groups is 1. The van der Waals surface area contributed by atoms with Crippen molar-refractivity contribution in [1.29, 1.82) is 0 Å². The molecule has 1 saturated heterocycles. The molecule has 0 aromatic rings. The molecule has 0 amide bonds. The minimum Gasteiger partial charge on any atom is -0.600 e. The highest BCUT2D eigenvalue weighted by atomic mass is 16.7. The molecule has 0 saturated carbocycles. The molecule has 0 bridgehead atoms. The zero-order valence-electron chi connectivity index (χ0n) is 9.21. The van der Waals surface area contributed by atoms with Gasteiger partial charge in [0.2, 0.25) is 6.73 Å². The molecule has 17 heavy (non-hydrogen) atoms. The third-order valence-electron chi connectivity index (χ3n) is 2.34. The van der Waals surface area contributed by atoms with Gasteiger partial charge >= 0.3 is 0 Å². The SMILES string of the molecule is C[N+]([O-])=NCO[C@@H]1O[C@@H](CO)[C@@H](O)[C@H](O)[C@H]1O. The fraction of sp³-hybridized carbons (Fsp3) is 1.00. The minimum atomic E-state index is -1.50. The smallest absolute Gasteiger partial charge is 0.203 e. The van der Waals surface area contributed by atoms with E-state index in [1.54, 1.807) is 0 Å². The maximum atomic E-state index is 10.4. The number of hydrogen-bond donors (Lipinski definition) is 4. The standard InChI is InChI=1S/C8H16N2O7/c1-10(15)9-3-16-8-7(14)6(13)5(12)4(2-11)17-8/h4-8,11-14H,2-3H2,1H3/t4-,5+,6-,7+,8+/m0/s1. The Kier molecular flexibility index (Phi) is 5.18.